The third kappa shape index (κ3) is 4.01. The molecule has 19 heavy (non-hydrogen) atoms. The number of benzene rings is 1. The van der Waals surface area contributed by atoms with Gasteiger partial charge in [-0.05, 0) is 37.8 Å². The van der Waals surface area contributed by atoms with Crippen LogP contribution in [0.1, 0.15) is 31.2 Å². The molecule has 1 saturated carbocycles. The van der Waals surface area contributed by atoms with Gasteiger partial charge in [0.25, 0.3) is 0 Å². The van der Waals surface area contributed by atoms with Gasteiger partial charge in [0.2, 0.25) is 5.91 Å². The number of nitrogens with two attached hydrogens (primary N) is 1. The molecule has 1 aromatic rings. The molecule has 1 aliphatic rings. The van der Waals surface area contributed by atoms with E-state index in [0.717, 1.165) is 25.7 Å². The number of hydrogen-bond donors (Lipinski definition) is 2. The van der Waals surface area contributed by atoms with Crippen LogP contribution in [0.4, 0.5) is 4.39 Å². The second-order valence-corrected chi connectivity index (χ2v) is 5.91. The van der Waals surface area contributed by atoms with E-state index in [9.17, 15) is 9.18 Å². The van der Waals surface area contributed by atoms with Crippen LogP contribution in [0.25, 0.3) is 0 Å². The summed E-state index contributed by atoms with van der Waals surface area (Å²) in [6.07, 6.45) is 3.76. The van der Waals surface area contributed by atoms with Crippen LogP contribution in [0.15, 0.2) is 22.7 Å². The van der Waals surface area contributed by atoms with E-state index in [1.54, 1.807) is 12.1 Å². The molecular weight excluding hydrogens is 311 g/mol. The summed E-state index contributed by atoms with van der Waals surface area (Å²) in [4.78, 5) is 11.9. The first-order valence-electron chi connectivity index (χ1n) is 6.54. The number of halogens is 2. The lowest BCUT2D eigenvalue weighted by Gasteiger charge is -2.26. The van der Waals surface area contributed by atoms with Gasteiger partial charge < -0.3 is 11.1 Å². The summed E-state index contributed by atoms with van der Waals surface area (Å²) in [6.45, 7) is 0. The number of hydrogen-bond acceptors (Lipinski definition) is 2. The Kier molecular flexibility index (Phi) is 4.93. The molecule has 1 amide bonds. The van der Waals surface area contributed by atoms with E-state index in [0.29, 0.717) is 10.0 Å². The number of rotatable bonds is 3. The Labute approximate surface area is 120 Å². The van der Waals surface area contributed by atoms with Crippen molar-refractivity contribution in [3.05, 3.63) is 34.1 Å². The van der Waals surface area contributed by atoms with Gasteiger partial charge >= 0.3 is 0 Å². The van der Waals surface area contributed by atoms with Crippen LogP contribution >= 0.6 is 15.9 Å². The lowest BCUT2D eigenvalue weighted by atomic mass is 9.91. The van der Waals surface area contributed by atoms with E-state index < -0.39 is 0 Å². The van der Waals surface area contributed by atoms with Gasteiger partial charge in [0.15, 0.2) is 0 Å². The fourth-order valence-corrected chi connectivity index (χ4v) is 2.89. The van der Waals surface area contributed by atoms with Crippen LogP contribution < -0.4 is 11.1 Å². The minimum Gasteiger partial charge on any atom is -0.353 e. The molecule has 5 heteroatoms. The van der Waals surface area contributed by atoms with Crippen molar-refractivity contribution in [1.29, 1.82) is 0 Å². The van der Waals surface area contributed by atoms with Crippen LogP contribution in [0.3, 0.4) is 0 Å². The number of nitrogens with one attached hydrogen (secondary N) is 1. The van der Waals surface area contributed by atoms with Gasteiger partial charge in [0, 0.05) is 22.1 Å². The Balaban J connectivity index is 1.91. The summed E-state index contributed by atoms with van der Waals surface area (Å²) in [5.41, 5.74) is 6.23. The molecule has 0 aliphatic heterocycles. The van der Waals surface area contributed by atoms with E-state index in [-0.39, 0.29) is 30.2 Å². The molecule has 2 rings (SSSR count). The van der Waals surface area contributed by atoms with E-state index in [1.165, 1.54) is 6.07 Å². The summed E-state index contributed by atoms with van der Waals surface area (Å²) >= 11 is 3.27. The van der Waals surface area contributed by atoms with Gasteiger partial charge in [-0.3, -0.25) is 4.79 Å². The van der Waals surface area contributed by atoms with Crippen LogP contribution in [-0.4, -0.2) is 18.0 Å². The van der Waals surface area contributed by atoms with Crippen LogP contribution in [0.2, 0.25) is 0 Å². The molecule has 104 valence electrons. The standard InChI is InChI=1S/C14H18BrFN2O/c15-12-2-1-3-13(16)11(12)8-14(19)18-10-6-4-9(17)5-7-10/h1-3,9-10H,4-8,17H2,(H,18,19). The normalized spacial score (nSPS) is 23.1. The molecule has 0 atom stereocenters. The van der Waals surface area contributed by atoms with Crippen molar-refractivity contribution < 1.29 is 9.18 Å². The number of amides is 1. The van der Waals surface area contributed by atoms with Crippen molar-refractivity contribution in [3.63, 3.8) is 0 Å². The molecule has 0 bridgehead atoms. The fourth-order valence-electron chi connectivity index (χ4n) is 2.40. The van der Waals surface area contributed by atoms with Crippen molar-refractivity contribution >= 4 is 21.8 Å². The molecule has 3 nitrogen and oxygen atoms in total. The van der Waals surface area contributed by atoms with Gasteiger partial charge in [0.1, 0.15) is 5.82 Å². The average Bonchev–Trinajstić information content (AvgIpc) is 2.37. The summed E-state index contributed by atoms with van der Waals surface area (Å²) in [6, 6.07) is 5.16. The minimum absolute atomic E-state index is 0.0653. The van der Waals surface area contributed by atoms with E-state index in [2.05, 4.69) is 21.2 Å². The van der Waals surface area contributed by atoms with Crippen LogP contribution in [0, 0.1) is 5.82 Å². The SMILES string of the molecule is NC1CCC(NC(=O)Cc2c(F)cccc2Br)CC1. The first-order chi connectivity index (χ1) is 9.06. The fraction of sp³-hybridized carbons (Fsp3) is 0.500. The second kappa shape index (κ2) is 6.48. The number of carbonyl (C=O) groups is 1. The first-order valence-corrected chi connectivity index (χ1v) is 7.33. The largest absolute Gasteiger partial charge is 0.353 e. The van der Waals surface area contributed by atoms with Gasteiger partial charge in [-0.25, -0.2) is 4.39 Å². The van der Waals surface area contributed by atoms with Crippen LogP contribution in [-0.2, 0) is 11.2 Å². The van der Waals surface area contributed by atoms with Gasteiger partial charge in [-0.1, -0.05) is 22.0 Å². The Morgan fingerprint density at radius 3 is 2.68 bits per heavy atom. The Morgan fingerprint density at radius 1 is 1.37 bits per heavy atom. The summed E-state index contributed by atoms with van der Waals surface area (Å²) in [7, 11) is 0. The van der Waals surface area contributed by atoms with Gasteiger partial charge in [-0.15, -0.1) is 0 Å². The maximum atomic E-state index is 13.6. The highest BCUT2D eigenvalue weighted by Crippen LogP contribution is 2.21. The molecule has 0 aromatic heterocycles. The van der Waals surface area contributed by atoms with Crippen molar-refractivity contribution in [2.45, 2.75) is 44.2 Å². The zero-order valence-electron chi connectivity index (χ0n) is 10.7. The van der Waals surface area contributed by atoms with Crippen molar-refractivity contribution in [3.8, 4) is 0 Å². The molecule has 0 spiro atoms. The quantitative estimate of drug-likeness (QED) is 0.895. The highest BCUT2D eigenvalue weighted by molar-refractivity contribution is 9.10. The maximum absolute atomic E-state index is 13.6. The van der Waals surface area contributed by atoms with Gasteiger partial charge in [0.05, 0.1) is 6.42 Å². The zero-order valence-corrected chi connectivity index (χ0v) is 12.2. The Bertz CT molecular complexity index is 439. The molecular formula is C14H18BrFN2O. The van der Waals surface area contributed by atoms with Crippen molar-refractivity contribution in [1.82, 2.24) is 5.32 Å². The molecule has 0 unspecified atom stereocenters. The second-order valence-electron chi connectivity index (χ2n) is 5.06. The first kappa shape index (κ1) is 14.5. The predicted octanol–water partition coefficient (Wildman–Crippen LogP) is 2.52. The molecule has 1 aliphatic carbocycles. The summed E-state index contributed by atoms with van der Waals surface area (Å²) < 4.78 is 14.2. The highest BCUT2D eigenvalue weighted by Gasteiger charge is 2.20. The molecule has 0 radical (unpaired) electrons. The minimum atomic E-state index is -0.352. The Hall–Kier alpha value is -0.940. The molecule has 1 aromatic carbocycles. The van der Waals surface area contributed by atoms with Crippen molar-refractivity contribution in [2.24, 2.45) is 5.73 Å². The molecule has 3 N–H and O–H groups in total. The van der Waals surface area contributed by atoms with E-state index >= 15 is 0 Å². The molecule has 0 heterocycles. The summed E-state index contributed by atoms with van der Waals surface area (Å²) in [5, 5.41) is 2.96. The highest BCUT2D eigenvalue weighted by atomic mass is 79.9. The van der Waals surface area contributed by atoms with E-state index in [4.69, 9.17) is 5.73 Å². The van der Waals surface area contributed by atoms with Crippen molar-refractivity contribution in [2.75, 3.05) is 0 Å². The average molecular weight is 329 g/mol. The summed E-state index contributed by atoms with van der Waals surface area (Å²) in [5.74, 6) is -0.485. The smallest absolute Gasteiger partial charge is 0.224 e. The third-order valence-electron chi connectivity index (χ3n) is 3.54. The predicted molar refractivity (Wildman–Crippen MR) is 76.2 cm³/mol. The maximum Gasteiger partial charge on any atom is 0.224 e. The lowest BCUT2D eigenvalue weighted by Crippen LogP contribution is -2.41. The molecule has 0 saturated heterocycles. The van der Waals surface area contributed by atoms with Gasteiger partial charge in [-0.2, -0.15) is 0 Å². The lowest BCUT2D eigenvalue weighted by molar-refractivity contribution is -0.121. The number of carbonyl (C=O) groups excluding carboxylic acids is 1. The van der Waals surface area contributed by atoms with Crippen LogP contribution in [0.5, 0.6) is 0 Å². The molecule has 1 fully saturated rings. The topological polar surface area (TPSA) is 55.1 Å². The third-order valence-corrected chi connectivity index (χ3v) is 4.28. The monoisotopic (exact) mass is 328 g/mol. The Morgan fingerprint density at radius 2 is 2.05 bits per heavy atom. The zero-order chi connectivity index (χ0) is 13.8. The van der Waals surface area contributed by atoms with E-state index in [1.807, 2.05) is 0 Å².